The Kier molecular flexibility index (Phi) is 11.3. The highest BCUT2D eigenvalue weighted by Crippen LogP contribution is 2.66. The van der Waals surface area contributed by atoms with Gasteiger partial charge in [-0.15, -0.1) is 0 Å². The van der Waals surface area contributed by atoms with Crippen molar-refractivity contribution in [2.24, 2.45) is 11.8 Å². The summed E-state index contributed by atoms with van der Waals surface area (Å²) in [5.41, 5.74) is 4.87. The molecule has 2 bridgehead atoms. The molecule has 1 N–H and O–H groups in total. The lowest BCUT2D eigenvalue weighted by Crippen LogP contribution is -2.69. The van der Waals surface area contributed by atoms with Gasteiger partial charge in [-0.05, 0) is 100 Å². The van der Waals surface area contributed by atoms with Gasteiger partial charge in [-0.2, -0.15) is 0 Å². The number of aromatic hydroxyl groups is 1. The topological polar surface area (TPSA) is 62.2 Å². The monoisotopic (exact) mass is 718 g/mol. The van der Waals surface area contributed by atoms with Gasteiger partial charge in [0.25, 0.3) is 0 Å². The number of aryl methyl sites for hydroxylation is 2. The van der Waals surface area contributed by atoms with Crippen molar-refractivity contribution < 1.29 is 19.4 Å². The molecule has 2 heterocycles. The molecule has 284 valence electrons. The lowest BCUT2D eigenvalue weighted by molar-refractivity contribution is -0.143. The fourth-order valence-corrected chi connectivity index (χ4v) is 11.0. The van der Waals surface area contributed by atoms with Crippen molar-refractivity contribution in [2.75, 3.05) is 26.7 Å². The number of nitrogens with zero attached hydrogens (tertiary/aromatic N) is 2. The van der Waals surface area contributed by atoms with Crippen LogP contribution < -0.4 is 9.47 Å². The number of methoxy groups -OCH3 is 1. The zero-order valence-corrected chi connectivity index (χ0v) is 32.2. The molecular weight excluding hydrogens is 657 g/mol. The second kappa shape index (κ2) is 16.5. The molecule has 3 aromatic rings. The normalized spacial score (nSPS) is 25.5. The molecule has 5 aliphatic rings. The largest absolute Gasteiger partial charge is 0.508 e. The summed E-state index contributed by atoms with van der Waals surface area (Å²) in [5.74, 6) is 3.43. The average Bonchev–Trinajstić information content (AvgIpc) is 3.94. The number of carbonyl (C=O) groups is 1. The van der Waals surface area contributed by atoms with E-state index in [1.54, 1.807) is 13.2 Å². The highest BCUT2D eigenvalue weighted by Gasteiger charge is 2.67. The molecule has 0 aromatic heterocycles. The molecule has 53 heavy (non-hydrogen) atoms. The van der Waals surface area contributed by atoms with Crippen LogP contribution in [-0.4, -0.2) is 65.7 Å². The van der Waals surface area contributed by atoms with Crippen molar-refractivity contribution in [3.05, 3.63) is 89.0 Å². The average molecular weight is 719 g/mol. The van der Waals surface area contributed by atoms with Gasteiger partial charge in [0, 0.05) is 48.2 Å². The Balaban J connectivity index is 0.942. The zero-order valence-electron chi connectivity index (χ0n) is 32.2. The van der Waals surface area contributed by atoms with E-state index < -0.39 is 0 Å². The van der Waals surface area contributed by atoms with E-state index in [-0.39, 0.29) is 17.6 Å². The molecular formula is C47H62N2O4. The second-order valence-corrected chi connectivity index (χ2v) is 17.1. The van der Waals surface area contributed by atoms with Gasteiger partial charge in [-0.3, -0.25) is 9.69 Å². The van der Waals surface area contributed by atoms with Crippen molar-refractivity contribution in [1.29, 1.82) is 0 Å². The Labute approximate surface area is 318 Å². The molecule has 0 unspecified atom stereocenters. The minimum Gasteiger partial charge on any atom is -0.508 e. The highest BCUT2D eigenvalue weighted by molar-refractivity contribution is 5.77. The summed E-state index contributed by atoms with van der Waals surface area (Å²) in [4.78, 5) is 19.5. The number of amides is 1. The van der Waals surface area contributed by atoms with Gasteiger partial charge in [-0.25, -0.2) is 0 Å². The summed E-state index contributed by atoms with van der Waals surface area (Å²) in [6.07, 6.45) is 20.0. The second-order valence-electron chi connectivity index (χ2n) is 17.1. The summed E-state index contributed by atoms with van der Waals surface area (Å²) in [7, 11) is 1.69. The number of ether oxygens (including phenoxy) is 2. The van der Waals surface area contributed by atoms with E-state index in [4.69, 9.17) is 9.47 Å². The van der Waals surface area contributed by atoms with Crippen LogP contribution >= 0.6 is 0 Å². The first kappa shape index (κ1) is 36.5. The number of hydrogen-bond acceptors (Lipinski definition) is 5. The Morgan fingerprint density at radius 1 is 0.868 bits per heavy atom. The quantitative estimate of drug-likeness (QED) is 0.125. The summed E-state index contributed by atoms with van der Waals surface area (Å²) in [6.45, 7) is 3.00. The molecule has 3 fully saturated rings. The minimum atomic E-state index is -0.193. The molecule has 6 heteroatoms. The van der Waals surface area contributed by atoms with Crippen LogP contribution in [0.2, 0.25) is 0 Å². The van der Waals surface area contributed by atoms with Gasteiger partial charge < -0.3 is 19.5 Å². The van der Waals surface area contributed by atoms with Crippen LogP contribution in [0.5, 0.6) is 17.2 Å². The number of benzene rings is 3. The smallest absolute Gasteiger partial charge is 0.222 e. The minimum absolute atomic E-state index is 0.0197. The first-order valence-corrected chi connectivity index (χ1v) is 21.3. The molecule has 3 aromatic carbocycles. The maximum absolute atomic E-state index is 14.5. The molecule has 1 amide bonds. The van der Waals surface area contributed by atoms with E-state index in [1.807, 2.05) is 0 Å². The fourth-order valence-electron chi connectivity index (χ4n) is 11.0. The van der Waals surface area contributed by atoms with E-state index in [2.05, 4.69) is 70.5 Å². The zero-order chi connectivity index (χ0) is 36.2. The predicted octanol–water partition coefficient (Wildman–Crippen LogP) is 9.43. The van der Waals surface area contributed by atoms with Crippen molar-refractivity contribution >= 4 is 5.91 Å². The standard InChI is InChI=1S/C47H62N2O4/c1-52-42-32-41(50)37-31-40-38-26-27-39(46-47(38,44(37)45(42)53-46)28-30-48(40)33-36-24-25-36)49(29-16-22-35-20-13-9-14-21-35)43(51)23-15-7-5-3-2-4-6-10-17-34-18-11-8-12-19-34/h8-9,11-14,18-21,32,36,38-40,46,50H,2-7,10,15-17,22-31,33H2,1H3/t38-,39-,40+,46-,47-/m0/s1. The number of rotatable bonds is 19. The SMILES string of the molecule is COc1cc(O)c2c3c1O[C@H]1[C@@H](N(CCCc4ccccc4)C(=O)CCCCCCCCCCc4ccccc4)CC[C@H]4[C@@H](C2)N(CC2CC2)CC[C@@]341. The molecule has 5 atom stereocenters. The first-order chi connectivity index (χ1) is 26.1. The lowest BCUT2D eigenvalue weighted by Gasteiger charge is -2.60. The molecule has 8 rings (SSSR count). The molecule has 2 aliphatic heterocycles. The number of likely N-dealkylation sites (tertiary alicyclic amines) is 1. The van der Waals surface area contributed by atoms with Crippen LogP contribution in [0.4, 0.5) is 0 Å². The fraction of sp³-hybridized carbons (Fsp3) is 0.596. The van der Waals surface area contributed by atoms with E-state index >= 15 is 0 Å². The van der Waals surface area contributed by atoms with Gasteiger partial charge in [0.1, 0.15) is 11.9 Å². The van der Waals surface area contributed by atoms with Crippen LogP contribution in [0.15, 0.2) is 66.7 Å². The summed E-state index contributed by atoms with van der Waals surface area (Å²) < 4.78 is 13.1. The van der Waals surface area contributed by atoms with E-state index in [0.29, 0.717) is 35.8 Å². The van der Waals surface area contributed by atoms with E-state index in [9.17, 15) is 9.90 Å². The number of phenolic OH excluding ortho intramolecular Hbond substituents is 1. The molecule has 3 aliphatic carbocycles. The van der Waals surface area contributed by atoms with Crippen LogP contribution in [0.25, 0.3) is 0 Å². The molecule has 0 radical (unpaired) electrons. The van der Waals surface area contributed by atoms with Gasteiger partial charge in [0.15, 0.2) is 11.5 Å². The maximum Gasteiger partial charge on any atom is 0.222 e. The number of phenols is 1. The van der Waals surface area contributed by atoms with Gasteiger partial charge >= 0.3 is 0 Å². The molecule has 1 spiro atoms. The van der Waals surface area contributed by atoms with E-state index in [0.717, 1.165) is 81.7 Å². The number of piperidine rings is 1. The number of carbonyl (C=O) groups excluding carboxylic acids is 1. The number of hydrogen-bond donors (Lipinski definition) is 1. The lowest BCUT2D eigenvalue weighted by atomic mass is 9.50. The van der Waals surface area contributed by atoms with Crippen molar-refractivity contribution in [3.63, 3.8) is 0 Å². The maximum atomic E-state index is 14.5. The molecule has 1 saturated heterocycles. The summed E-state index contributed by atoms with van der Waals surface area (Å²) in [5, 5.41) is 11.5. The Morgan fingerprint density at radius 3 is 2.21 bits per heavy atom. The Morgan fingerprint density at radius 2 is 1.53 bits per heavy atom. The predicted molar refractivity (Wildman–Crippen MR) is 212 cm³/mol. The Hall–Kier alpha value is -3.51. The first-order valence-electron chi connectivity index (χ1n) is 21.3. The third kappa shape index (κ3) is 7.59. The number of unbranched alkanes of at least 4 members (excludes halogenated alkanes) is 7. The molecule has 6 nitrogen and oxygen atoms in total. The van der Waals surface area contributed by atoms with Crippen LogP contribution in [0, 0.1) is 11.8 Å². The van der Waals surface area contributed by atoms with Crippen molar-refractivity contribution in [1.82, 2.24) is 9.80 Å². The van der Waals surface area contributed by atoms with E-state index in [1.165, 1.54) is 81.0 Å². The Bertz CT molecular complexity index is 1670. The van der Waals surface area contributed by atoms with Gasteiger partial charge in [0.05, 0.1) is 13.2 Å². The molecule has 2 saturated carbocycles. The summed E-state index contributed by atoms with van der Waals surface area (Å²) in [6, 6.07) is 23.8. The van der Waals surface area contributed by atoms with Crippen LogP contribution in [0.3, 0.4) is 0 Å². The van der Waals surface area contributed by atoms with Crippen molar-refractivity contribution in [2.45, 2.75) is 139 Å². The van der Waals surface area contributed by atoms with Crippen LogP contribution in [-0.2, 0) is 29.5 Å². The van der Waals surface area contributed by atoms with Gasteiger partial charge in [-0.1, -0.05) is 99.2 Å². The highest BCUT2D eigenvalue weighted by atomic mass is 16.5. The summed E-state index contributed by atoms with van der Waals surface area (Å²) >= 11 is 0. The van der Waals surface area contributed by atoms with Crippen molar-refractivity contribution in [3.8, 4) is 17.2 Å². The van der Waals surface area contributed by atoms with Gasteiger partial charge in [0.2, 0.25) is 5.91 Å². The third-order valence-corrected chi connectivity index (χ3v) is 13.8. The third-order valence-electron chi connectivity index (χ3n) is 13.8. The van der Waals surface area contributed by atoms with Crippen LogP contribution in [0.1, 0.15) is 119 Å².